The molecule has 0 aliphatic carbocycles. The van der Waals surface area contributed by atoms with Crippen molar-refractivity contribution >= 4 is 28.3 Å². The van der Waals surface area contributed by atoms with Gasteiger partial charge in [0.1, 0.15) is 0 Å². The lowest BCUT2D eigenvalue weighted by Crippen LogP contribution is -2.46. The Hall–Kier alpha value is -1.47. The summed E-state index contributed by atoms with van der Waals surface area (Å²) in [5.41, 5.74) is 0.802. The molecule has 1 aromatic rings. The summed E-state index contributed by atoms with van der Waals surface area (Å²) in [7, 11) is 0. The first-order valence-corrected chi connectivity index (χ1v) is 8.28. The van der Waals surface area contributed by atoms with Gasteiger partial charge >= 0.3 is 0 Å². The molecule has 0 unspecified atom stereocenters. The number of carbonyl (C=O) groups excluding carboxylic acids is 2. The Kier molecular flexibility index (Phi) is 3.72. The SMILES string of the molecule is CC(C)(C)c1csc(NC(=O)[C@H]2[C@@H](C(=O)[O-])[C@@H]3CC[C@H]2O3)n1. The summed E-state index contributed by atoms with van der Waals surface area (Å²) in [6.07, 6.45) is 0.679. The van der Waals surface area contributed by atoms with E-state index in [0.717, 1.165) is 12.1 Å². The highest BCUT2D eigenvalue weighted by atomic mass is 32.1. The molecule has 2 bridgehead atoms. The molecule has 2 aliphatic heterocycles. The van der Waals surface area contributed by atoms with Crippen molar-refractivity contribution in [3.8, 4) is 0 Å². The predicted octanol–water partition coefficient (Wildman–Crippen LogP) is 0.923. The van der Waals surface area contributed by atoms with Gasteiger partial charge < -0.3 is 20.0 Å². The maximum Gasteiger partial charge on any atom is 0.232 e. The number of hydrogen-bond donors (Lipinski definition) is 1. The Morgan fingerprint density at radius 1 is 1.32 bits per heavy atom. The maximum atomic E-state index is 12.5. The van der Waals surface area contributed by atoms with Gasteiger partial charge in [-0.3, -0.25) is 4.79 Å². The minimum absolute atomic E-state index is 0.0947. The Morgan fingerprint density at radius 2 is 1.95 bits per heavy atom. The van der Waals surface area contributed by atoms with Crippen molar-refractivity contribution in [3.05, 3.63) is 11.1 Å². The molecule has 7 heteroatoms. The second-order valence-electron chi connectivity index (χ2n) is 6.94. The van der Waals surface area contributed by atoms with Gasteiger partial charge in [-0.2, -0.15) is 0 Å². The van der Waals surface area contributed by atoms with Gasteiger partial charge in [-0.05, 0) is 12.8 Å². The third-order valence-corrected chi connectivity index (χ3v) is 5.11. The van der Waals surface area contributed by atoms with Crippen LogP contribution in [0.5, 0.6) is 0 Å². The van der Waals surface area contributed by atoms with Gasteiger partial charge in [0.05, 0.1) is 23.8 Å². The molecule has 3 heterocycles. The van der Waals surface area contributed by atoms with Crippen LogP contribution in [0.2, 0.25) is 0 Å². The van der Waals surface area contributed by atoms with Crippen molar-refractivity contribution in [2.24, 2.45) is 11.8 Å². The molecule has 6 nitrogen and oxygen atoms in total. The zero-order valence-electron chi connectivity index (χ0n) is 12.8. The summed E-state index contributed by atoms with van der Waals surface area (Å²) >= 11 is 1.35. The predicted molar refractivity (Wildman–Crippen MR) is 79.3 cm³/mol. The van der Waals surface area contributed by atoms with Crippen LogP contribution < -0.4 is 10.4 Å². The van der Waals surface area contributed by atoms with Crippen LogP contribution in [0.15, 0.2) is 5.38 Å². The number of hydrogen-bond acceptors (Lipinski definition) is 6. The summed E-state index contributed by atoms with van der Waals surface area (Å²) < 4.78 is 5.58. The second kappa shape index (κ2) is 5.31. The molecular formula is C15H19N2O4S-. The molecule has 1 aromatic heterocycles. The number of aliphatic carboxylic acids is 1. The average Bonchev–Trinajstić information content (AvgIpc) is 3.11. The molecule has 1 amide bonds. The summed E-state index contributed by atoms with van der Waals surface area (Å²) in [6, 6.07) is 0. The van der Waals surface area contributed by atoms with Gasteiger partial charge in [-0.25, -0.2) is 4.98 Å². The van der Waals surface area contributed by atoms with Gasteiger partial charge in [0.2, 0.25) is 5.91 Å². The molecule has 2 fully saturated rings. The number of rotatable bonds is 3. The molecule has 4 atom stereocenters. The number of carboxylic acid groups (broad SMARTS) is 1. The standard InChI is InChI=1S/C15H20N2O4S/c1-15(2,3)9-6-22-14(16-9)17-12(18)10-7-4-5-8(21-7)11(10)13(19)20/h6-8,10-11H,4-5H2,1-3H3,(H,19,20)(H,16,17,18)/p-1/t7-,8+,10-,11+/m1/s1. The number of anilines is 1. The van der Waals surface area contributed by atoms with Gasteiger partial charge in [0.25, 0.3) is 0 Å². The van der Waals surface area contributed by atoms with Crippen LogP contribution in [-0.2, 0) is 19.7 Å². The van der Waals surface area contributed by atoms with E-state index >= 15 is 0 Å². The lowest BCUT2D eigenvalue weighted by Gasteiger charge is -2.27. The first-order chi connectivity index (χ1) is 10.3. The normalized spacial score (nSPS) is 30.5. The van der Waals surface area contributed by atoms with Crippen LogP contribution in [0.25, 0.3) is 0 Å². The largest absolute Gasteiger partial charge is 0.550 e. The molecule has 0 spiro atoms. The number of ether oxygens (including phenoxy) is 1. The van der Waals surface area contributed by atoms with Crippen molar-refractivity contribution in [3.63, 3.8) is 0 Å². The van der Waals surface area contributed by atoms with E-state index in [9.17, 15) is 14.7 Å². The number of amides is 1. The highest BCUT2D eigenvalue weighted by molar-refractivity contribution is 7.13. The smallest absolute Gasteiger partial charge is 0.232 e. The number of nitrogens with one attached hydrogen (secondary N) is 1. The fraction of sp³-hybridized carbons (Fsp3) is 0.667. The van der Waals surface area contributed by atoms with Crippen LogP contribution in [0.1, 0.15) is 39.3 Å². The van der Waals surface area contributed by atoms with Gasteiger partial charge in [-0.15, -0.1) is 11.3 Å². The number of nitrogens with zero attached hydrogens (tertiary/aromatic N) is 1. The number of carboxylic acids is 1. The number of aromatic nitrogens is 1. The second-order valence-corrected chi connectivity index (χ2v) is 7.80. The fourth-order valence-electron chi connectivity index (χ4n) is 3.17. The van der Waals surface area contributed by atoms with Crippen molar-refractivity contribution in [2.45, 2.75) is 51.2 Å². The third-order valence-electron chi connectivity index (χ3n) is 4.35. The van der Waals surface area contributed by atoms with E-state index in [-0.39, 0.29) is 17.4 Å². The Balaban J connectivity index is 1.74. The highest BCUT2D eigenvalue weighted by Crippen LogP contribution is 2.43. The van der Waals surface area contributed by atoms with E-state index in [2.05, 4.69) is 10.3 Å². The molecule has 0 saturated carbocycles. The fourth-order valence-corrected chi connectivity index (χ4v) is 4.11. The van der Waals surface area contributed by atoms with E-state index in [0.29, 0.717) is 11.6 Å². The van der Waals surface area contributed by atoms with E-state index < -0.39 is 23.9 Å². The number of carbonyl (C=O) groups is 2. The number of thiazole rings is 1. The quantitative estimate of drug-likeness (QED) is 0.893. The summed E-state index contributed by atoms with van der Waals surface area (Å²) in [4.78, 5) is 28.2. The van der Waals surface area contributed by atoms with E-state index in [1.807, 2.05) is 26.2 Å². The lowest BCUT2D eigenvalue weighted by atomic mass is 9.79. The summed E-state index contributed by atoms with van der Waals surface area (Å²) in [6.45, 7) is 6.14. The van der Waals surface area contributed by atoms with Crippen molar-refractivity contribution in [2.75, 3.05) is 5.32 Å². The van der Waals surface area contributed by atoms with Crippen molar-refractivity contribution in [1.29, 1.82) is 0 Å². The Bertz CT molecular complexity index is 607. The van der Waals surface area contributed by atoms with Crippen LogP contribution >= 0.6 is 11.3 Å². The minimum atomic E-state index is -1.21. The van der Waals surface area contributed by atoms with Crippen molar-refractivity contribution < 1.29 is 19.4 Å². The minimum Gasteiger partial charge on any atom is -0.550 e. The monoisotopic (exact) mass is 323 g/mol. The molecular weight excluding hydrogens is 304 g/mol. The maximum absolute atomic E-state index is 12.5. The highest BCUT2D eigenvalue weighted by Gasteiger charge is 2.52. The molecule has 120 valence electrons. The molecule has 2 saturated heterocycles. The van der Waals surface area contributed by atoms with E-state index in [4.69, 9.17) is 4.74 Å². The van der Waals surface area contributed by atoms with E-state index in [1.54, 1.807) is 0 Å². The topological polar surface area (TPSA) is 91.4 Å². The first kappa shape index (κ1) is 15.4. The van der Waals surface area contributed by atoms with Crippen LogP contribution in [-0.4, -0.2) is 29.1 Å². The van der Waals surface area contributed by atoms with Crippen LogP contribution in [0, 0.1) is 11.8 Å². The summed E-state index contributed by atoms with van der Waals surface area (Å²) in [5, 5.41) is 16.5. The van der Waals surface area contributed by atoms with Gasteiger partial charge in [-0.1, -0.05) is 20.8 Å². The molecule has 0 aromatic carbocycles. The lowest BCUT2D eigenvalue weighted by molar-refractivity contribution is -0.313. The van der Waals surface area contributed by atoms with Gasteiger partial charge in [0, 0.05) is 22.7 Å². The van der Waals surface area contributed by atoms with Crippen LogP contribution in [0.3, 0.4) is 0 Å². The van der Waals surface area contributed by atoms with Crippen molar-refractivity contribution in [1.82, 2.24) is 4.98 Å². The Labute approximate surface area is 132 Å². The summed E-state index contributed by atoms with van der Waals surface area (Å²) in [5.74, 6) is -3.09. The van der Waals surface area contributed by atoms with Gasteiger partial charge in [0.15, 0.2) is 5.13 Å². The van der Waals surface area contributed by atoms with Crippen LogP contribution in [0.4, 0.5) is 5.13 Å². The zero-order valence-corrected chi connectivity index (χ0v) is 13.6. The third kappa shape index (κ3) is 2.63. The molecule has 22 heavy (non-hydrogen) atoms. The van der Waals surface area contributed by atoms with E-state index in [1.165, 1.54) is 11.3 Å². The zero-order chi connectivity index (χ0) is 16.1. The Morgan fingerprint density at radius 3 is 2.50 bits per heavy atom. The number of fused-ring (bicyclic) bond motifs is 2. The molecule has 2 aliphatic rings. The molecule has 0 radical (unpaired) electrons. The molecule has 3 rings (SSSR count). The average molecular weight is 323 g/mol. The molecule has 1 N–H and O–H groups in total. The first-order valence-electron chi connectivity index (χ1n) is 7.40.